The molecule has 0 unspecified atom stereocenters. The zero-order valence-electron chi connectivity index (χ0n) is 8.23. The van der Waals surface area contributed by atoms with Crippen molar-refractivity contribution in [1.29, 1.82) is 0 Å². The van der Waals surface area contributed by atoms with E-state index in [4.69, 9.17) is 5.11 Å². The Kier molecular flexibility index (Phi) is 3.46. The quantitative estimate of drug-likeness (QED) is 0.749. The van der Waals surface area contributed by atoms with E-state index >= 15 is 0 Å². The summed E-state index contributed by atoms with van der Waals surface area (Å²) in [5, 5.41) is 14.7. The lowest BCUT2D eigenvalue weighted by Crippen LogP contribution is -2.04. The first kappa shape index (κ1) is 11.7. The monoisotopic (exact) mass is 232 g/mol. The van der Waals surface area contributed by atoms with Gasteiger partial charge in [-0.2, -0.15) is 5.10 Å². The number of nitrogens with one attached hydrogen (secondary N) is 1. The fourth-order valence-corrected chi connectivity index (χ4v) is 1.79. The van der Waals surface area contributed by atoms with Crippen molar-refractivity contribution in [3.8, 4) is 0 Å². The van der Waals surface area contributed by atoms with Crippen LogP contribution >= 0.6 is 0 Å². The Balaban J connectivity index is 2.48. The zero-order chi connectivity index (χ0) is 11.5. The van der Waals surface area contributed by atoms with Crippen molar-refractivity contribution in [2.75, 3.05) is 12.0 Å². The summed E-state index contributed by atoms with van der Waals surface area (Å²) in [7, 11) is -2.95. The van der Waals surface area contributed by atoms with Crippen LogP contribution in [0.25, 0.3) is 0 Å². The third-order valence-corrected chi connectivity index (χ3v) is 2.84. The molecule has 15 heavy (non-hydrogen) atoms. The molecule has 1 heterocycles. The molecule has 0 spiro atoms. The summed E-state index contributed by atoms with van der Waals surface area (Å²) >= 11 is 0. The Bertz CT molecular complexity index is 449. The van der Waals surface area contributed by atoms with Crippen molar-refractivity contribution in [2.24, 2.45) is 0 Å². The maximum absolute atomic E-state index is 10.8. The van der Waals surface area contributed by atoms with Gasteiger partial charge in [-0.05, 0) is 18.9 Å². The summed E-state index contributed by atoms with van der Waals surface area (Å²) in [5.41, 5.74) is 0.584. The number of carbonyl (C=O) groups is 1. The Morgan fingerprint density at radius 2 is 2.27 bits per heavy atom. The van der Waals surface area contributed by atoms with Crippen LogP contribution in [0, 0.1) is 0 Å². The van der Waals surface area contributed by atoms with Crippen LogP contribution in [0.1, 0.15) is 22.6 Å². The number of carboxylic acids is 1. The van der Waals surface area contributed by atoms with Gasteiger partial charge in [0.1, 0.15) is 9.84 Å². The van der Waals surface area contributed by atoms with Crippen LogP contribution in [0.3, 0.4) is 0 Å². The summed E-state index contributed by atoms with van der Waals surface area (Å²) in [6.45, 7) is 0. The van der Waals surface area contributed by atoms with E-state index in [1.807, 2.05) is 0 Å². The predicted octanol–water partition coefficient (Wildman–Crippen LogP) is 0.0851. The standard InChI is InChI=1S/C8H12N2O4S/c1-15(13,14)4-2-3-6-5-7(8(11)12)10-9-6/h5H,2-4H2,1H3,(H,9,10)(H,11,12). The van der Waals surface area contributed by atoms with Crippen molar-refractivity contribution >= 4 is 15.8 Å². The van der Waals surface area contributed by atoms with Crippen LogP contribution in [0.2, 0.25) is 0 Å². The summed E-state index contributed by atoms with van der Waals surface area (Å²) in [6.07, 6.45) is 2.11. The van der Waals surface area contributed by atoms with Gasteiger partial charge in [-0.1, -0.05) is 0 Å². The number of nitrogens with zero attached hydrogens (tertiary/aromatic N) is 1. The van der Waals surface area contributed by atoms with Crippen LogP contribution in [0.4, 0.5) is 0 Å². The van der Waals surface area contributed by atoms with Crippen LogP contribution in [-0.2, 0) is 16.3 Å². The molecule has 0 saturated carbocycles. The Hall–Kier alpha value is -1.37. The number of hydrogen-bond donors (Lipinski definition) is 2. The summed E-state index contributed by atoms with van der Waals surface area (Å²) in [6, 6.07) is 1.41. The minimum Gasteiger partial charge on any atom is -0.476 e. The van der Waals surface area contributed by atoms with Gasteiger partial charge in [0.2, 0.25) is 0 Å². The maximum Gasteiger partial charge on any atom is 0.356 e. The van der Waals surface area contributed by atoms with E-state index in [-0.39, 0.29) is 11.4 Å². The second-order valence-electron chi connectivity index (χ2n) is 3.32. The minimum absolute atomic E-state index is 0.0515. The molecule has 0 aliphatic heterocycles. The molecule has 1 rings (SSSR count). The number of H-pyrrole nitrogens is 1. The van der Waals surface area contributed by atoms with Crippen LogP contribution < -0.4 is 0 Å². The summed E-state index contributed by atoms with van der Waals surface area (Å²) in [5.74, 6) is -1.00. The van der Waals surface area contributed by atoms with Gasteiger partial charge in [0.25, 0.3) is 0 Å². The zero-order valence-corrected chi connectivity index (χ0v) is 9.04. The highest BCUT2D eigenvalue weighted by Crippen LogP contribution is 2.03. The van der Waals surface area contributed by atoms with Crippen molar-refractivity contribution in [1.82, 2.24) is 10.2 Å². The number of rotatable bonds is 5. The normalized spacial score (nSPS) is 11.5. The molecule has 0 aromatic carbocycles. The fourth-order valence-electron chi connectivity index (χ4n) is 1.12. The van der Waals surface area contributed by atoms with Gasteiger partial charge in [0.15, 0.2) is 5.69 Å². The molecule has 0 bridgehead atoms. The number of aromatic carboxylic acids is 1. The van der Waals surface area contributed by atoms with Gasteiger partial charge in [-0.15, -0.1) is 0 Å². The van der Waals surface area contributed by atoms with E-state index in [0.29, 0.717) is 18.5 Å². The van der Waals surface area contributed by atoms with E-state index in [2.05, 4.69) is 10.2 Å². The minimum atomic E-state index is -2.95. The van der Waals surface area contributed by atoms with E-state index in [0.717, 1.165) is 0 Å². The number of aromatic nitrogens is 2. The first-order valence-electron chi connectivity index (χ1n) is 4.34. The number of carboxylic acid groups (broad SMARTS) is 1. The molecule has 1 aromatic heterocycles. The number of sulfone groups is 1. The predicted molar refractivity (Wildman–Crippen MR) is 53.6 cm³/mol. The van der Waals surface area contributed by atoms with E-state index < -0.39 is 15.8 Å². The first-order chi connectivity index (χ1) is 6.88. The number of hydrogen-bond acceptors (Lipinski definition) is 4. The van der Waals surface area contributed by atoms with E-state index in [9.17, 15) is 13.2 Å². The molecule has 84 valence electrons. The van der Waals surface area contributed by atoms with E-state index in [1.165, 1.54) is 12.3 Å². The number of aromatic amines is 1. The molecular weight excluding hydrogens is 220 g/mol. The highest BCUT2D eigenvalue weighted by atomic mass is 32.2. The molecule has 2 N–H and O–H groups in total. The third-order valence-electron chi connectivity index (χ3n) is 1.81. The average molecular weight is 232 g/mol. The molecule has 1 aromatic rings. The lowest BCUT2D eigenvalue weighted by atomic mass is 10.2. The van der Waals surface area contributed by atoms with Crippen molar-refractivity contribution in [3.63, 3.8) is 0 Å². The first-order valence-corrected chi connectivity index (χ1v) is 6.40. The molecule has 0 saturated heterocycles. The van der Waals surface area contributed by atoms with Gasteiger partial charge >= 0.3 is 5.97 Å². The van der Waals surface area contributed by atoms with E-state index in [1.54, 1.807) is 0 Å². The summed E-state index contributed by atoms with van der Waals surface area (Å²) in [4.78, 5) is 10.5. The topological polar surface area (TPSA) is 100 Å². The molecule has 0 aliphatic rings. The van der Waals surface area contributed by atoms with Crippen molar-refractivity contribution in [2.45, 2.75) is 12.8 Å². The molecule has 0 fully saturated rings. The largest absolute Gasteiger partial charge is 0.476 e. The molecule has 0 radical (unpaired) electrons. The van der Waals surface area contributed by atoms with Gasteiger partial charge in [-0.3, -0.25) is 5.10 Å². The molecule has 0 amide bonds. The van der Waals surface area contributed by atoms with Gasteiger partial charge in [0.05, 0.1) is 5.75 Å². The molecule has 7 heteroatoms. The Morgan fingerprint density at radius 3 is 2.73 bits per heavy atom. The van der Waals surface area contributed by atoms with Gasteiger partial charge in [-0.25, -0.2) is 13.2 Å². The second-order valence-corrected chi connectivity index (χ2v) is 5.58. The maximum atomic E-state index is 10.8. The Morgan fingerprint density at radius 1 is 1.60 bits per heavy atom. The third kappa shape index (κ3) is 4.11. The Labute approximate surface area is 87.2 Å². The fraction of sp³-hybridized carbons (Fsp3) is 0.500. The number of aryl methyl sites for hydroxylation is 1. The SMILES string of the molecule is CS(=O)(=O)CCCc1cc(C(=O)O)n[nH]1. The average Bonchev–Trinajstić information content (AvgIpc) is 2.50. The van der Waals surface area contributed by atoms with Gasteiger partial charge in [0, 0.05) is 11.9 Å². The summed E-state index contributed by atoms with van der Waals surface area (Å²) < 4.78 is 21.6. The molecular formula is C8H12N2O4S. The smallest absolute Gasteiger partial charge is 0.356 e. The van der Waals surface area contributed by atoms with Crippen LogP contribution in [-0.4, -0.2) is 41.7 Å². The van der Waals surface area contributed by atoms with Crippen molar-refractivity contribution < 1.29 is 18.3 Å². The van der Waals surface area contributed by atoms with Crippen LogP contribution in [0.15, 0.2) is 6.07 Å². The lowest BCUT2D eigenvalue weighted by Gasteiger charge is -1.96. The molecule has 6 nitrogen and oxygen atoms in total. The van der Waals surface area contributed by atoms with Crippen molar-refractivity contribution in [3.05, 3.63) is 17.5 Å². The lowest BCUT2D eigenvalue weighted by molar-refractivity contribution is 0.0690. The molecule has 0 aliphatic carbocycles. The second kappa shape index (κ2) is 4.43. The van der Waals surface area contributed by atoms with Crippen LogP contribution in [0.5, 0.6) is 0 Å². The van der Waals surface area contributed by atoms with Gasteiger partial charge < -0.3 is 5.11 Å². The highest BCUT2D eigenvalue weighted by molar-refractivity contribution is 7.90. The molecule has 0 atom stereocenters. The highest BCUT2D eigenvalue weighted by Gasteiger charge is 2.08.